The van der Waals surface area contributed by atoms with Crippen LogP contribution in [0, 0.1) is 0 Å². The molecule has 0 atom stereocenters. The van der Waals surface area contributed by atoms with Gasteiger partial charge in [-0.3, -0.25) is 4.79 Å². The van der Waals surface area contributed by atoms with Gasteiger partial charge in [-0.2, -0.15) is 9.41 Å². The fraction of sp³-hybridized carbons (Fsp3) is 0.167. The summed E-state index contributed by atoms with van der Waals surface area (Å²) in [4.78, 5) is 12.7. The normalized spacial score (nSPS) is 11.6. The van der Waals surface area contributed by atoms with Crippen molar-refractivity contribution in [1.82, 2.24) is 9.73 Å². The van der Waals surface area contributed by atoms with E-state index in [1.807, 2.05) is 49.4 Å². The summed E-state index contributed by atoms with van der Waals surface area (Å²) in [5, 5.41) is 3.98. The molecule has 1 amide bonds. The maximum Gasteiger partial charge on any atom is 0.255 e. The predicted molar refractivity (Wildman–Crippen MR) is 132 cm³/mol. The fourth-order valence-corrected chi connectivity index (χ4v) is 4.66. The van der Waals surface area contributed by atoms with Gasteiger partial charge in [0.2, 0.25) is 10.0 Å². The van der Waals surface area contributed by atoms with Gasteiger partial charge in [-0.15, -0.1) is 0 Å². The number of hydrogen-bond acceptors (Lipinski definition) is 5. The summed E-state index contributed by atoms with van der Waals surface area (Å²) in [6.45, 7) is 2.03. The number of rotatable bonds is 10. The zero-order valence-electron chi connectivity index (χ0n) is 18.0. The van der Waals surface area contributed by atoms with Gasteiger partial charge in [0.1, 0.15) is 5.75 Å². The maximum absolute atomic E-state index is 13.3. The zero-order valence-corrected chi connectivity index (χ0v) is 20.4. The van der Waals surface area contributed by atoms with Gasteiger partial charge in [0, 0.05) is 16.6 Å². The van der Waals surface area contributed by atoms with Crippen LogP contribution in [0.5, 0.6) is 5.75 Å². The molecule has 3 aromatic carbocycles. The molecule has 3 rings (SSSR count). The third-order valence-corrected chi connectivity index (χ3v) is 6.92. The molecule has 0 bridgehead atoms. The van der Waals surface area contributed by atoms with E-state index in [9.17, 15) is 13.2 Å². The van der Waals surface area contributed by atoms with Crippen LogP contribution in [0.2, 0.25) is 0 Å². The van der Waals surface area contributed by atoms with Gasteiger partial charge in [0.25, 0.3) is 5.91 Å². The first-order valence-corrected chi connectivity index (χ1v) is 12.5. The minimum atomic E-state index is -3.92. The monoisotopic (exact) mass is 529 g/mol. The molecule has 0 saturated heterocycles. The Morgan fingerprint density at radius 2 is 1.70 bits per heavy atom. The number of sulfonamides is 1. The highest BCUT2D eigenvalue weighted by Crippen LogP contribution is 2.21. The van der Waals surface area contributed by atoms with Crippen molar-refractivity contribution in [3.63, 3.8) is 0 Å². The van der Waals surface area contributed by atoms with E-state index in [0.29, 0.717) is 17.9 Å². The van der Waals surface area contributed by atoms with Crippen LogP contribution in [-0.4, -0.2) is 38.0 Å². The molecule has 0 aliphatic heterocycles. The molecular weight excluding hydrogens is 506 g/mol. The van der Waals surface area contributed by atoms with Gasteiger partial charge in [-0.1, -0.05) is 58.4 Å². The van der Waals surface area contributed by atoms with Crippen LogP contribution in [0.3, 0.4) is 0 Å². The smallest absolute Gasteiger partial charge is 0.255 e. The molecule has 7 nitrogen and oxygen atoms in total. The van der Waals surface area contributed by atoms with Crippen LogP contribution in [0.4, 0.5) is 0 Å². The Kier molecular flexibility index (Phi) is 8.76. The van der Waals surface area contributed by atoms with E-state index in [1.54, 1.807) is 24.3 Å². The second-order valence-electron chi connectivity index (χ2n) is 6.98. The van der Waals surface area contributed by atoms with Crippen LogP contribution in [0.15, 0.2) is 93.3 Å². The molecule has 33 heavy (non-hydrogen) atoms. The van der Waals surface area contributed by atoms with Crippen molar-refractivity contribution in [2.45, 2.75) is 18.4 Å². The summed E-state index contributed by atoms with van der Waals surface area (Å²) >= 11 is 3.31. The molecule has 172 valence electrons. The van der Waals surface area contributed by atoms with Crippen LogP contribution in [0.25, 0.3) is 0 Å². The third kappa shape index (κ3) is 6.98. The molecule has 0 saturated carbocycles. The number of nitrogens with zero attached hydrogens (tertiary/aromatic N) is 2. The number of halogens is 1. The maximum atomic E-state index is 13.3. The Balaban J connectivity index is 1.77. The molecule has 0 unspecified atom stereocenters. The number of para-hydroxylation sites is 1. The minimum Gasteiger partial charge on any atom is -0.493 e. The average Bonchev–Trinajstić information content (AvgIpc) is 2.81. The predicted octanol–water partition coefficient (Wildman–Crippen LogP) is 4.19. The molecule has 3 aromatic rings. The van der Waals surface area contributed by atoms with Crippen molar-refractivity contribution >= 4 is 38.1 Å². The fourth-order valence-electron chi connectivity index (χ4n) is 3.01. The van der Waals surface area contributed by atoms with Gasteiger partial charge in [0.05, 0.1) is 24.3 Å². The number of hydrogen-bond donors (Lipinski definition) is 1. The third-order valence-electron chi connectivity index (χ3n) is 4.58. The highest BCUT2D eigenvalue weighted by molar-refractivity contribution is 9.10. The minimum absolute atomic E-state index is 0.0452. The molecule has 9 heteroatoms. The summed E-state index contributed by atoms with van der Waals surface area (Å²) < 4.78 is 34.0. The molecule has 0 spiro atoms. The quantitative estimate of drug-likeness (QED) is 0.315. The van der Waals surface area contributed by atoms with Gasteiger partial charge in [-0.25, -0.2) is 13.8 Å². The average molecular weight is 530 g/mol. The number of carbonyl (C=O) groups is 1. The number of nitrogens with one attached hydrogen (secondary N) is 1. The molecule has 0 fully saturated rings. The molecule has 0 aliphatic carbocycles. The Morgan fingerprint density at radius 3 is 2.39 bits per heavy atom. The summed E-state index contributed by atoms with van der Waals surface area (Å²) in [5.41, 5.74) is 3.87. The van der Waals surface area contributed by atoms with Crippen molar-refractivity contribution in [1.29, 1.82) is 0 Å². The van der Waals surface area contributed by atoms with E-state index in [1.165, 1.54) is 18.3 Å². The summed E-state index contributed by atoms with van der Waals surface area (Å²) in [6.07, 6.45) is 1.47. The number of hydrazone groups is 1. The standard InChI is InChI=1S/C24H24BrN3O4S/c1-2-32-23-11-7-6-10-20(23)16-26-27-24(29)18-28(17-19-8-4-3-5-9-19)33(30,31)22-14-12-21(25)13-15-22/h3-16H,2,17-18H2,1H3,(H,27,29)/b26-16+. The van der Waals surface area contributed by atoms with Crippen molar-refractivity contribution in [2.24, 2.45) is 5.10 Å². The molecular formula is C24H24BrN3O4S. The highest BCUT2D eigenvalue weighted by atomic mass is 79.9. The number of carbonyl (C=O) groups excluding carboxylic acids is 1. The van der Waals surface area contributed by atoms with Crippen LogP contribution < -0.4 is 10.2 Å². The van der Waals surface area contributed by atoms with Gasteiger partial charge in [0.15, 0.2) is 0 Å². The molecule has 0 heterocycles. The van der Waals surface area contributed by atoms with Crippen molar-refractivity contribution in [2.75, 3.05) is 13.2 Å². The Hall–Kier alpha value is -3.01. The number of amides is 1. The lowest BCUT2D eigenvalue weighted by atomic mass is 10.2. The van der Waals surface area contributed by atoms with Crippen molar-refractivity contribution < 1.29 is 17.9 Å². The lowest BCUT2D eigenvalue weighted by Crippen LogP contribution is -2.39. The summed E-state index contributed by atoms with van der Waals surface area (Å²) in [7, 11) is -3.92. The highest BCUT2D eigenvalue weighted by Gasteiger charge is 2.27. The van der Waals surface area contributed by atoms with E-state index in [0.717, 1.165) is 14.3 Å². The van der Waals surface area contributed by atoms with Crippen molar-refractivity contribution in [3.8, 4) is 5.75 Å². The lowest BCUT2D eigenvalue weighted by molar-refractivity contribution is -0.121. The van der Waals surface area contributed by atoms with E-state index in [4.69, 9.17) is 4.74 Å². The largest absolute Gasteiger partial charge is 0.493 e. The SMILES string of the molecule is CCOc1ccccc1/C=N/NC(=O)CN(Cc1ccccc1)S(=O)(=O)c1ccc(Br)cc1. The van der Waals surface area contributed by atoms with Crippen LogP contribution in [-0.2, 0) is 21.4 Å². The molecule has 0 aliphatic rings. The van der Waals surface area contributed by atoms with Crippen LogP contribution in [0.1, 0.15) is 18.1 Å². The van der Waals surface area contributed by atoms with E-state index in [-0.39, 0.29) is 11.4 Å². The second kappa shape index (κ2) is 11.7. The Morgan fingerprint density at radius 1 is 1.03 bits per heavy atom. The summed E-state index contributed by atoms with van der Waals surface area (Å²) in [5.74, 6) is 0.0817. The first kappa shape index (κ1) is 24.6. The van der Waals surface area contributed by atoms with E-state index >= 15 is 0 Å². The first-order chi connectivity index (χ1) is 15.9. The molecule has 0 radical (unpaired) electrons. The number of benzene rings is 3. The van der Waals surface area contributed by atoms with Gasteiger partial charge < -0.3 is 4.74 Å². The topological polar surface area (TPSA) is 88.1 Å². The van der Waals surface area contributed by atoms with Crippen molar-refractivity contribution in [3.05, 3.63) is 94.5 Å². The molecule has 0 aromatic heterocycles. The van der Waals surface area contributed by atoms with Gasteiger partial charge in [-0.05, 0) is 48.9 Å². The van der Waals surface area contributed by atoms with Crippen LogP contribution >= 0.6 is 15.9 Å². The zero-order chi connectivity index (χ0) is 23.7. The second-order valence-corrected chi connectivity index (χ2v) is 9.83. The summed E-state index contributed by atoms with van der Waals surface area (Å²) in [6, 6.07) is 22.7. The first-order valence-electron chi connectivity index (χ1n) is 10.2. The Labute approximate surface area is 202 Å². The number of ether oxygens (including phenoxy) is 1. The van der Waals surface area contributed by atoms with Gasteiger partial charge >= 0.3 is 0 Å². The van der Waals surface area contributed by atoms with E-state index in [2.05, 4.69) is 26.5 Å². The van der Waals surface area contributed by atoms with E-state index < -0.39 is 22.5 Å². The molecule has 1 N–H and O–H groups in total. The Bertz CT molecular complexity index is 1200. The lowest BCUT2D eigenvalue weighted by Gasteiger charge is -2.21.